The van der Waals surface area contributed by atoms with E-state index in [1.807, 2.05) is 0 Å². The zero-order valence-electron chi connectivity index (χ0n) is 19.9. The van der Waals surface area contributed by atoms with Crippen LogP contribution in [0.1, 0.15) is 46.1 Å². The average Bonchev–Trinajstić information content (AvgIpc) is 2.77. The van der Waals surface area contributed by atoms with Crippen molar-refractivity contribution in [3.63, 3.8) is 0 Å². The quantitative estimate of drug-likeness (QED) is 0.557. The summed E-state index contributed by atoms with van der Waals surface area (Å²) in [5, 5.41) is 5.89. The summed E-state index contributed by atoms with van der Waals surface area (Å²) in [6.07, 6.45) is 2.08. The topological polar surface area (TPSA) is 35.6 Å². The highest BCUT2D eigenvalue weighted by atomic mass is 16.2. The van der Waals surface area contributed by atoms with Crippen molar-refractivity contribution >= 4 is 16.7 Å². The fourth-order valence-corrected chi connectivity index (χ4v) is 4.44. The molecule has 2 atom stereocenters. The first-order valence-electron chi connectivity index (χ1n) is 11.5. The fraction of sp³-hybridized carbons (Fsp3) is 0.577. The lowest BCUT2D eigenvalue weighted by Crippen LogP contribution is -2.48. The van der Waals surface area contributed by atoms with Crippen LogP contribution in [0.15, 0.2) is 42.5 Å². The van der Waals surface area contributed by atoms with Crippen molar-refractivity contribution in [3.8, 4) is 0 Å². The number of nitrogens with zero attached hydrogens (tertiary/aromatic N) is 2. The third-order valence-electron chi connectivity index (χ3n) is 6.75. The average molecular weight is 412 g/mol. The van der Waals surface area contributed by atoms with Gasteiger partial charge in [-0.3, -0.25) is 9.69 Å². The summed E-state index contributed by atoms with van der Waals surface area (Å²) in [5.74, 6) is 0.563. The minimum Gasteiger partial charge on any atom is -0.354 e. The Balaban J connectivity index is 2.46. The lowest BCUT2D eigenvalue weighted by atomic mass is 9.66. The molecule has 4 heteroatoms. The molecule has 0 spiro atoms. The summed E-state index contributed by atoms with van der Waals surface area (Å²) in [4.78, 5) is 17.2. The fourth-order valence-electron chi connectivity index (χ4n) is 4.44. The molecule has 2 aromatic rings. The molecule has 30 heavy (non-hydrogen) atoms. The predicted octanol–water partition coefficient (Wildman–Crippen LogP) is 4.53. The van der Waals surface area contributed by atoms with Gasteiger partial charge in [0.05, 0.1) is 6.54 Å². The minimum absolute atomic E-state index is 0.112. The van der Waals surface area contributed by atoms with Crippen molar-refractivity contribution < 1.29 is 4.79 Å². The molecule has 0 bridgehead atoms. The van der Waals surface area contributed by atoms with Gasteiger partial charge in [-0.15, -0.1) is 0 Å². The monoisotopic (exact) mass is 411 g/mol. The molecule has 0 saturated heterocycles. The molecule has 2 rings (SSSR count). The predicted molar refractivity (Wildman–Crippen MR) is 129 cm³/mol. The molecule has 4 nitrogen and oxygen atoms in total. The Morgan fingerprint density at radius 2 is 1.70 bits per heavy atom. The molecule has 0 aliphatic rings. The van der Waals surface area contributed by atoms with Crippen LogP contribution in [0.2, 0.25) is 0 Å². The molecule has 166 valence electrons. The van der Waals surface area contributed by atoms with Crippen LogP contribution in [0.3, 0.4) is 0 Å². The van der Waals surface area contributed by atoms with Crippen molar-refractivity contribution in [2.24, 2.45) is 5.92 Å². The first-order chi connectivity index (χ1) is 14.4. The van der Waals surface area contributed by atoms with Gasteiger partial charge in [-0.2, -0.15) is 0 Å². The van der Waals surface area contributed by atoms with Crippen molar-refractivity contribution in [1.82, 2.24) is 15.1 Å². The largest absolute Gasteiger partial charge is 0.354 e. The molecule has 1 N–H and O–H groups in total. The number of nitrogens with one attached hydrogen (secondary N) is 1. The summed E-state index contributed by atoms with van der Waals surface area (Å²) in [7, 11) is 4.26. The second-order valence-electron chi connectivity index (χ2n) is 8.78. The lowest BCUT2D eigenvalue weighted by molar-refractivity contribution is -0.122. The summed E-state index contributed by atoms with van der Waals surface area (Å²) >= 11 is 0. The van der Waals surface area contributed by atoms with E-state index < -0.39 is 0 Å². The van der Waals surface area contributed by atoms with Gasteiger partial charge in [0.25, 0.3) is 0 Å². The molecule has 0 aromatic heterocycles. The second kappa shape index (κ2) is 11.5. The summed E-state index contributed by atoms with van der Waals surface area (Å²) in [6, 6.07) is 15.3. The van der Waals surface area contributed by atoms with Crippen LogP contribution in [0.4, 0.5) is 0 Å². The van der Waals surface area contributed by atoms with E-state index in [2.05, 4.69) is 99.4 Å². The lowest BCUT2D eigenvalue weighted by Gasteiger charge is -2.41. The Kier molecular flexibility index (Phi) is 9.32. The highest BCUT2D eigenvalue weighted by molar-refractivity contribution is 5.87. The number of rotatable bonds is 12. The SMILES string of the molecule is CCC(C)C(CCN(C)C)(CNC(=O)CN(CC)CC)c1cccc2ccccc12. The highest BCUT2D eigenvalue weighted by Crippen LogP contribution is 2.41. The normalized spacial score (nSPS) is 14.8. The first kappa shape index (κ1) is 24.4. The van der Waals surface area contributed by atoms with Gasteiger partial charge in [-0.25, -0.2) is 0 Å². The van der Waals surface area contributed by atoms with Crippen molar-refractivity contribution in [1.29, 1.82) is 0 Å². The molecule has 0 fully saturated rings. The van der Waals surface area contributed by atoms with Crippen LogP contribution < -0.4 is 5.32 Å². The smallest absolute Gasteiger partial charge is 0.234 e. The molecule has 2 aromatic carbocycles. The molecule has 0 saturated carbocycles. The van der Waals surface area contributed by atoms with Crippen molar-refractivity contribution in [2.75, 3.05) is 46.8 Å². The number of hydrogen-bond acceptors (Lipinski definition) is 3. The van der Waals surface area contributed by atoms with Crippen molar-refractivity contribution in [3.05, 3.63) is 48.0 Å². The zero-order valence-corrected chi connectivity index (χ0v) is 19.9. The van der Waals surface area contributed by atoms with E-state index in [1.165, 1.54) is 16.3 Å². The van der Waals surface area contributed by atoms with Crippen LogP contribution in [-0.2, 0) is 10.2 Å². The Labute approximate surface area is 183 Å². The van der Waals surface area contributed by atoms with Gasteiger partial charge in [0.15, 0.2) is 0 Å². The number of likely N-dealkylation sites (N-methyl/N-ethyl adjacent to an activating group) is 1. The van der Waals surface area contributed by atoms with Gasteiger partial charge in [-0.05, 0) is 62.4 Å². The van der Waals surface area contributed by atoms with Crippen LogP contribution in [0, 0.1) is 5.92 Å². The van der Waals surface area contributed by atoms with Gasteiger partial charge in [0.1, 0.15) is 0 Å². The standard InChI is InChI=1S/C26H41N3O/c1-7-21(4)26(17-18-28(5)6,20-27-25(30)19-29(8-2)9-3)24-16-12-14-22-13-10-11-15-23(22)24/h10-16,21H,7-9,17-20H2,1-6H3,(H,27,30). The van der Waals surface area contributed by atoms with E-state index in [0.717, 1.165) is 32.5 Å². The van der Waals surface area contributed by atoms with Gasteiger partial charge in [0.2, 0.25) is 5.91 Å². The minimum atomic E-state index is -0.112. The number of fused-ring (bicyclic) bond motifs is 1. The van der Waals surface area contributed by atoms with Gasteiger partial charge in [-0.1, -0.05) is 76.6 Å². The number of hydrogen-bond donors (Lipinski definition) is 1. The van der Waals surface area contributed by atoms with Gasteiger partial charge in [0, 0.05) is 12.0 Å². The van der Waals surface area contributed by atoms with E-state index in [1.54, 1.807) is 0 Å². The summed E-state index contributed by atoms with van der Waals surface area (Å²) in [5.41, 5.74) is 1.25. The Hall–Kier alpha value is -1.91. The summed E-state index contributed by atoms with van der Waals surface area (Å²) < 4.78 is 0. The van der Waals surface area contributed by atoms with Gasteiger partial charge >= 0.3 is 0 Å². The maximum absolute atomic E-state index is 12.8. The number of benzene rings is 2. The van der Waals surface area contributed by atoms with Gasteiger partial charge < -0.3 is 10.2 Å². The molecule has 2 unspecified atom stereocenters. The third kappa shape index (κ3) is 5.83. The van der Waals surface area contributed by atoms with Crippen LogP contribution in [0.25, 0.3) is 10.8 Å². The zero-order chi connectivity index (χ0) is 22.1. The molecular weight excluding hydrogens is 370 g/mol. The third-order valence-corrected chi connectivity index (χ3v) is 6.75. The summed E-state index contributed by atoms with van der Waals surface area (Å²) in [6.45, 7) is 12.7. The molecular formula is C26H41N3O. The number of carbonyl (C=O) groups excluding carboxylic acids is 1. The van der Waals surface area contributed by atoms with E-state index >= 15 is 0 Å². The van der Waals surface area contributed by atoms with E-state index in [4.69, 9.17) is 0 Å². The second-order valence-corrected chi connectivity index (χ2v) is 8.78. The molecule has 0 aliphatic heterocycles. The molecule has 0 radical (unpaired) electrons. The molecule has 0 heterocycles. The Morgan fingerprint density at radius 3 is 2.33 bits per heavy atom. The van der Waals surface area contributed by atoms with E-state index in [9.17, 15) is 4.79 Å². The maximum atomic E-state index is 12.8. The van der Waals surface area contributed by atoms with E-state index in [-0.39, 0.29) is 11.3 Å². The number of carbonyl (C=O) groups is 1. The van der Waals surface area contributed by atoms with Crippen molar-refractivity contribution in [2.45, 2.75) is 46.0 Å². The first-order valence-corrected chi connectivity index (χ1v) is 11.5. The maximum Gasteiger partial charge on any atom is 0.234 e. The van der Waals surface area contributed by atoms with Crippen LogP contribution in [-0.4, -0.2) is 62.5 Å². The van der Waals surface area contributed by atoms with Crippen LogP contribution in [0.5, 0.6) is 0 Å². The molecule has 1 amide bonds. The van der Waals surface area contributed by atoms with Crippen LogP contribution >= 0.6 is 0 Å². The Morgan fingerprint density at radius 1 is 1.03 bits per heavy atom. The Bertz CT molecular complexity index is 794. The number of amides is 1. The van der Waals surface area contributed by atoms with E-state index in [0.29, 0.717) is 19.0 Å². The molecule has 0 aliphatic carbocycles. The highest BCUT2D eigenvalue weighted by Gasteiger charge is 2.38.